The molecule has 140 valence electrons. The topological polar surface area (TPSA) is 91.8 Å². The summed E-state index contributed by atoms with van der Waals surface area (Å²) < 4.78 is 5.05. The summed E-state index contributed by atoms with van der Waals surface area (Å²) in [6.45, 7) is 0.0148. The fraction of sp³-hybridized carbons (Fsp3) is 0.556. The van der Waals surface area contributed by atoms with Crippen molar-refractivity contribution in [2.75, 3.05) is 20.7 Å². The molecule has 4 amide bonds. The summed E-state index contributed by atoms with van der Waals surface area (Å²) in [5, 5.41) is 2.74. The molecule has 0 atom stereocenters. The minimum Gasteiger partial charge on any atom is -0.481 e. The number of nitrogens with zero attached hydrogens (tertiary/aromatic N) is 3. The highest BCUT2D eigenvalue weighted by atomic mass is 16.5. The van der Waals surface area contributed by atoms with E-state index in [4.69, 9.17) is 4.74 Å². The van der Waals surface area contributed by atoms with E-state index in [2.05, 4.69) is 10.3 Å². The van der Waals surface area contributed by atoms with Gasteiger partial charge in [0, 0.05) is 25.9 Å². The number of carbonyl (C=O) groups is 3. The fourth-order valence-corrected chi connectivity index (χ4v) is 3.74. The molecule has 26 heavy (non-hydrogen) atoms. The molecule has 1 aliphatic carbocycles. The maximum absolute atomic E-state index is 12.9. The molecule has 1 aromatic rings. The van der Waals surface area contributed by atoms with Gasteiger partial charge in [-0.1, -0.05) is 19.3 Å². The zero-order valence-corrected chi connectivity index (χ0v) is 15.2. The molecule has 1 aliphatic heterocycles. The van der Waals surface area contributed by atoms with Crippen molar-refractivity contribution in [2.45, 2.75) is 44.2 Å². The summed E-state index contributed by atoms with van der Waals surface area (Å²) in [6, 6.07) is 3.09. The molecule has 1 spiro atoms. The smallest absolute Gasteiger partial charge is 0.327 e. The third kappa shape index (κ3) is 3.23. The first-order valence-electron chi connectivity index (χ1n) is 8.83. The monoisotopic (exact) mass is 360 g/mol. The number of hydrogen-bond donors (Lipinski definition) is 1. The highest BCUT2D eigenvalue weighted by molar-refractivity contribution is 6.08. The lowest BCUT2D eigenvalue weighted by molar-refractivity contribution is -0.137. The minimum atomic E-state index is -0.756. The van der Waals surface area contributed by atoms with Crippen LogP contribution in [-0.4, -0.2) is 58.9 Å². The van der Waals surface area contributed by atoms with Gasteiger partial charge in [-0.25, -0.2) is 9.78 Å². The van der Waals surface area contributed by atoms with E-state index >= 15 is 0 Å². The number of amides is 4. The lowest BCUT2D eigenvalue weighted by atomic mass is 9.81. The van der Waals surface area contributed by atoms with Crippen LogP contribution in [0.4, 0.5) is 4.79 Å². The first-order chi connectivity index (χ1) is 12.5. The van der Waals surface area contributed by atoms with Gasteiger partial charge in [0.05, 0.1) is 7.11 Å². The number of pyridine rings is 1. The van der Waals surface area contributed by atoms with E-state index in [1.54, 1.807) is 25.4 Å². The van der Waals surface area contributed by atoms with Gasteiger partial charge in [-0.3, -0.25) is 14.5 Å². The van der Waals surface area contributed by atoms with Gasteiger partial charge in [0.2, 0.25) is 11.8 Å². The number of urea groups is 1. The zero-order chi connectivity index (χ0) is 18.7. The third-order valence-electron chi connectivity index (χ3n) is 5.28. The number of ether oxygens (including phenoxy) is 1. The molecule has 2 fully saturated rings. The Bertz CT molecular complexity index is 715. The largest absolute Gasteiger partial charge is 0.481 e. The molecule has 0 radical (unpaired) electrons. The van der Waals surface area contributed by atoms with Crippen LogP contribution in [0, 0.1) is 0 Å². The molecule has 8 nitrogen and oxygen atoms in total. The van der Waals surface area contributed by atoms with Crippen LogP contribution in [0.3, 0.4) is 0 Å². The van der Waals surface area contributed by atoms with Crippen molar-refractivity contribution >= 4 is 17.8 Å². The SMILES string of the molecule is COc1cc(CNC(=O)CN2C(=O)N(C)C3(CCCCC3)C2=O)ccn1. The summed E-state index contributed by atoms with van der Waals surface area (Å²) in [4.78, 5) is 44.2. The highest BCUT2D eigenvalue weighted by Crippen LogP contribution is 2.39. The molecule has 3 rings (SSSR count). The van der Waals surface area contributed by atoms with E-state index in [0.717, 1.165) is 29.7 Å². The van der Waals surface area contributed by atoms with E-state index in [-0.39, 0.29) is 24.9 Å². The van der Waals surface area contributed by atoms with E-state index in [1.165, 1.54) is 12.0 Å². The number of carbonyl (C=O) groups excluding carboxylic acids is 3. The highest BCUT2D eigenvalue weighted by Gasteiger charge is 2.55. The molecular weight excluding hydrogens is 336 g/mol. The van der Waals surface area contributed by atoms with Crippen molar-refractivity contribution in [3.63, 3.8) is 0 Å². The maximum atomic E-state index is 12.9. The summed E-state index contributed by atoms with van der Waals surface area (Å²) in [6.07, 6.45) is 5.86. The van der Waals surface area contributed by atoms with Crippen LogP contribution >= 0.6 is 0 Å². The van der Waals surface area contributed by atoms with Crippen LogP contribution in [0.15, 0.2) is 18.3 Å². The number of methoxy groups -OCH3 is 1. The van der Waals surface area contributed by atoms with Gasteiger partial charge < -0.3 is 15.0 Å². The molecule has 8 heteroatoms. The van der Waals surface area contributed by atoms with Gasteiger partial charge in [-0.05, 0) is 24.5 Å². The van der Waals surface area contributed by atoms with Crippen molar-refractivity contribution < 1.29 is 19.1 Å². The second-order valence-electron chi connectivity index (χ2n) is 6.81. The zero-order valence-electron chi connectivity index (χ0n) is 15.2. The number of likely N-dealkylation sites (N-methyl/N-ethyl adjacent to an activating group) is 1. The Kier molecular flexibility index (Phi) is 5.11. The predicted molar refractivity (Wildman–Crippen MR) is 93.3 cm³/mol. The molecular formula is C18H24N4O4. The standard InChI is InChI=1S/C18H24N4O4/c1-21-17(25)22(16(24)18(21)7-4-3-5-8-18)12-14(23)20-11-13-6-9-19-15(10-13)26-2/h6,9-10H,3-5,7-8,11-12H2,1-2H3,(H,20,23). The normalized spacial score (nSPS) is 19.2. The van der Waals surface area contributed by atoms with Gasteiger partial charge in [0.15, 0.2) is 0 Å². The van der Waals surface area contributed by atoms with E-state index in [9.17, 15) is 14.4 Å². The molecule has 1 aromatic heterocycles. The summed E-state index contributed by atoms with van der Waals surface area (Å²) in [5.74, 6) is -0.156. The summed E-state index contributed by atoms with van der Waals surface area (Å²) in [7, 11) is 3.18. The average Bonchev–Trinajstić information content (AvgIpc) is 2.83. The Balaban J connectivity index is 1.61. The van der Waals surface area contributed by atoms with Gasteiger partial charge in [-0.2, -0.15) is 0 Å². The molecule has 1 N–H and O–H groups in total. The molecule has 1 saturated carbocycles. The van der Waals surface area contributed by atoms with Crippen molar-refractivity contribution in [1.29, 1.82) is 0 Å². The quantitative estimate of drug-likeness (QED) is 0.799. The van der Waals surface area contributed by atoms with Crippen molar-refractivity contribution in [3.05, 3.63) is 23.9 Å². The fourth-order valence-electron chi connectivity index (χ4n) is 3.74. The van der Waals surface area contributed by atoms with Crippen LogP contribution in [0.2, 0.25) is 0 Å². The minimum absolute atomic E-state index is 0.245. The van der Waals surface area contributed by atoms with E-state index in [0.29, 0.717) is 18.7 Å². The summed E-state index contributed by atoms with van der Waals surface area (Å²) in [5.41, 5.74) is 0.0683. The Labute approximate surface area is 152 Å². The van der Waals surface area contributed by atoms with Gasteiger partial charge >= 0.3 is 6.03 Å². The van der Waals surface area contributed by atoms with Crippen LogP contribution in [0.5, 0.6) is 5.88 Å². The second-order valence-corrected chi connectivity index (χ2v) is 6.81. The molecule has 1 saturated heterocycles. The summed E-state index contributed by atoms with van der Waals surface area (Å²) >= 11 is 0. The van der Waals surface area contributed by atoms with Crippen LogP contribution < -0.4 is 10.1 Å². The molecule has 2 aliphatic rings. The third-order valence-corrected chi connectivity index (χ3v) is 5.28. The van der Waals surface area contributed by atoms with Crippen molar-refractivity contribution in [3.8, 4) is 5.88 Å². The Morgan fingerprint density at radius 1 is 1.31 bits per heavy atom. The molecule has 0 aromatic carbocycles. The Hall–Kier alpha value is -2.64. The first-order valence-corrected chi connectivity index (χ1v) is 8.83. The van der Waals surface area contributed by atoms with E-state index < -0.39 is 11.6 Å². The average molecular weight is 360 g/mol. The number of aromatic nitrogens is 1. The van der Waals surface area contributed by atoms with Crippen molar-refractivity contribution in [1.82, 2.24) is 20.1 Å². The van der Waals surface area contributed by atoms with Crippen LogP contribution in [0.25, 0.3) is 0 Å². The second kappa shape index (κ2) is 7.31. The maximum Gasteiger partial charge on any atom is 0.327 e. The Morgan fingerprint density at radius 3 is 2.73 bits per heavy atom. The molecule has 2 heterocycles. The van der Waals surface area contributed by atoms with E-state index in [1.807, 2.05) is 0 Å². The first kappa shape index (κ1) is 18.2. The van der Waals surface area contributed by atoms with Gasteiger partial charge in [0.1, 0.15) is 12.1 Å². The number of nitrogens with one attached hydrogen (secondary N) is 1. The Morgan fingerprint density at radius 2 is 2.04 bits per heavy atom. The number of imide groups is 1. The van der Waals surface area contributed by atoms with Crippen molar-refractivity contribution in [2.24, 2.45) is 0 Å². The molecule has 0 bridgehead atoms. The molecule has 0 unspecified atom stereocenters. The lowest BCUT2D eigenvalue weighted by Gasteiger charge is -2.35. The predicted octanol–water partition coefficient (Wildman–Crippen LogP) is 1.30. The lowest BCUT2D eigenvalue weighted by Crippen LogP contribution is -2.49. The van der Waals surface area contributed by atoms with Crippen LogP contribution in [-0.2, 0) is 16.1 Å². The van der Waals surface area contributed by atoms with Gasteiger partial charge in [0.25, 0.3) is 5.91 Å². The number of hydrogen-bond acceptors (Lipinski definition) is 5. The number of rotatable bonds is 5. The van der Waals surface area contributed by atoms with Gasteiger partial charge in [-0.15, -0.1) is 0 Å². The van der Waals surface area contributed by atoms with Crippen LogP contribution in [0.1, 0.15) is 37.7 Å².